The summed E-state index contributed by atoms with van der Waals surface area (Å²) in [5, 5.41) is 12.5. The lowest BCUT2D eigenvalue weighted by Crippen LogP contribution is -2.37. The first-order chi connectivity index (χ1) is 15.2. The Balaban J connectivity index is 1.62. The average molecular weight is 416 g/mol. The van der Waals surface area contributed by atoms with Crippen LogP contribution in [0.4, 0.5) is 5.95 Å². The monoisotopic (exact) mass is 415 g/mol. The number of aliphatic hydroxyl groups is 1. The molecular formula is C26H29N3O2. The van der Waals surface area contributed by atoms with Crippen LogP contribution in [0.3, 0.4) is 0 Å². The van der Waals surface area contributed by atoms with Crippen molar-refractivity contribution < 1.29 is 5.11 Å². The number of rotatable bonds is 6. The van der Waals surface area contributed by atoms with Gasteiger partial charge in [-0.3, -0.25) is 9.36 Å². The van der Waals surface area contributed by atoms with Crippen LogP contribution in [0, 0.1) is 0 Å². The number of anilines is 1. The molecule has 1 fully saturated rings. The van der Waals surface area contributed by atoms with Crippen LogP contribution in [0.2, 0.25) is 0 Å². The average Bonchev–Trinajstić information content (AvgIpc) is 3.28. The number of aryl methyl sites for hydroxylation is 1. The molecule has 5 rings (SSSR count). The van der Waals surface area contributed by atoms with E-state index < -0.39 is 0 Å². The highest BCUT2D eigenvalue weighted by Gasteiger charge is 2.42. The van der Waals surface area contributed by atoms with E-state index in [2.05, 4.69) is 35.6 Å². The smallest absolute Gasteiger partial charge is 0.258 e. The van der Waals surface area contributed by atoms with Crippen LogP contribution in [0.25, 0.3) is 11.3 Å². The number of nitrogens with one attached hydrogen (secondary N) is 1. The van der Waals surface area contributed by atoms with Gasteiger partial charge in [-0.05, 0) is 36.8 Å². The molecule has 3 aromatic rings. The van der Waals surface area contributed by atoms with Gasteiger partial charge in [0.1, 0.15) is 0 Å². The zero-order valence-electron chi connectivity index (χ0n) is 17.8. The second-order valence-corrected chi connectivity index (χ2v) is 8.82. The van der Waals surface area contributed by atoms with E-state index in [1.165, 1.54) is 24.0 Å². The first kappa shape index (κ1) is 20.0. The molecule has 1 spiro atoms. The van der Waals surface area contributed by atoms with Crippen molar-refractivity contribution in [2.45, 2.75) is 50.5 Å². The van der Waals surface area contributed by atoms with E-state index in [1.807, 2.05) is 24.3 Å². The molecule has 2 aliphatic rings. The Kier molecular flexibility index (Phi) is 5.36. The molecule has 0 amide bonds. The normalized spacial score (nSPS) is 16.2. The Morgan fingerprint density at radius 2 is 1.77 bits per heavy atom. The van der Waals surface area contributed by atoms with Crippen molar-refractivity contribution in [3.8, 4) is 11.3 Å². The highest BCUT2D eigenvalue weighted by Crippen LogP contribution is 2.50. The molecule has 0 saturated heterocycles. The quantitative estimate of drug-likeness (QED) is 0.640. The van der Waals surface area contributed by atoms with Gasteiger partial charge in [-0.15, -0.1) is 0 Å². The Morgan fingerprint density at radius 1 is 1.03 bits per heavy atom. The van der Waals surface area contributed by atoms with Gasteiger partial charge in [0.15, 0.2) is 0 Å². The summed E-state index contributed by atoms with van der Waals surface area (Å²) in [6.07, 6.45) is 6.24. The molecule has 2 aliphatic carbocycles. The summed E-state index contributed by atoms with van der Waals surface area (Å²) in [4.78, 5) is 18.7. The number of nitrogens with zero attached hydrogens (tertiary/aromatic N) is 2. The lowest BCUT2D eigenvalue weighted by Gasteiger charge is -2.36. The van der Waals surface area contributed by atoms with Crippen LogP contribution in [-0.4, -0.2) is 27.8 Å². The fourth-order valence-corrected chi connectivity index (χ4v) is 5.46. The van der Waals surface area contributed by atoms with Gasteiger partial charge in [0.2, 0.25) is 5.95 Å². The maximum Gasteiger partial charge on any atom is 0.258 e. The van der Waals surface area contributed by atoms with Crippen molar-refractivity contribution in [3.63, 3.8) is 0 Å². The molecule has 0 unspecified atom stereocenters. The third-order valence-corrected chi connectivity index (χ3v) is 6.95. The van der Waals surface area contributed by atoms with Gasteiger partial charge < -0.3 is 10.4 Å². The molecule has 160 valence electrons. The summed E-state index contributed by atoms with van der Waals surface area (Å²) in [7, 11) is 0. The van der Waals surface area contributed by atoms with Crippen molar-refractivity contribution in [3.05, 3.63) is 81.6 Å². The second kappa shape index (κ2) is 8.31. The maximum absolute atomic E-state index is 13.8. The van der Waals surface area contributed by atoms with Gasteiger partial charge >= 0.3 is 0 Å². The molecule has 0 bridgehead atoms. The number of aliphatic hydroxyl groups excluding tert-OH is 1. The standard InChI is InChI=1S/C26H29N3O2/c30-17-15-27-25-28-23-20-10-4-5-11-22(20)26(13-6-7-14-26)18-21(23)24(31)29(25)16-12-19-8-2-1-3-9-19/h1-5,8-11,30H,6-7,12-18H2,(H,27,28). The number of hydrogen-bond acceptors (Lipinski definition) is 4. The van der Waals surface area contributed by atoms with Gasteiger partial charge in [0.25, 0.3) is 5.56 Å². The lowest BCUT2D eigenvalue weighted by molar-refractivity contribution is 0.310. The highest BCUT2D eigenvalue weighted by molar-refractivity contribution is 5.72. The van der Waals surface area contributed by atoms with Crippen molar-refractivity contribution in [2.24, 2.45) is 0 Å². The van der Waals surface area contributed by atoms with Gasteiger partial charge in [-0.1, -0.05) is 67.4 Å². The van der Waals surface area contributed by atoms with Gasteiger partial charge in [0, 0.05) is 29.6 Å². The maximum atomic E-state index is 13.8. The zero-order chi connectivity index (χ0) is 21.3. The summed E-state index contributed by atoms with van der Waals surface area (Å²) in [5.41, 5.74) is 5.44. The first-order valence-corrected chi connectivity index (χ1v) is 11.3. The Hall–Kier alpha value is -2.92. The number of aromatic nitrogens is 2. The van der Waals surface area contributed by atoms with E-state index in [4.69, 9.17) is 4.98 Å². The molecule has 0 radical (unpaired) electrons. The third-order valence-electron chi connectivity index (χ3n) is 6.95. The summed E-state index contributed by atoms with van der Waals surface area (Å²) >= 11 is 0. The topological polar surface area (TPSA) is 67.2 Å². The minimum absolute atomic E-state index is 0.00859. The zero-order valence-corrected chi connectivity index (χ0v) is 17.8. The minimum atomic E-state index is -0.00859. The van der Waals surface area contributed by atoms with Crippen LogP contribution in [0.1, 0.15) is 42.4 Å². The molecule has 0 atom stereocenters. The summed E-state index contributed by atoms with van der Waals surface area (Å²) in [5.74, 6) is 0.547. The summed E-state index contributed by atoms with van der Waals surface area (Å²) in [6.45, 7) is 0.916. The Morgan fingerprint density at radius 3 is 2.55 bits per heavy atom. The van der Waals surface area contributed by atoms with Crippen molar-refractivity contribution in [1.82, 2.24) is 9.55 Å². The third kappa shape index (κ3) is 3.57. The predicted octanol–water partition coefficient (Wildman–Crippen LogP) is 3.93. The van der Waals surface area contributed by atoms with E-state index in [0.717, 1.165) is 42.5 Å². The van der Waals surface area contributed by atoms with E-state index in [-0.39, 0.29) is 17.6 Å². The SMILES string of the molecule is O=c1c2c(nc(NCCO)n1CCc1ccccc1)-c1ccccc1C1(CCCC1)C2. The molecular weight excluding hydrogens is 386 g/mol. The largest absolute Gasteiger partial charge is 0.395 e. The Labute approximate surface area is 182 Å². The van der Waals surface area contributed by atoms with Crippen molar-refractivity contribution in [2.75, 3.05) is 18.5 Å². The first-order valence-electron chi connectivity index (χ1n) is 11.3. The molecule has 0 aliphatic heterocycles. The fraction of sp³-hybridized carbons (Fsp3) is 0.385. The molecule has 1 heterocycles. The molecule has 2 N–H and O–H groups in total. The van der Waals surface area contributed by atoms with E-state index in [1.54, 1.807) is 4.57 Å². The van der Waals surface area contributed by atoms with Gasteiger partial charge in [-0.2, -0.15) is 0 Å². The number of hydrogen-bond donors (Lipinski definition) is 2. The highest BCUT2D eigenvalue weighted by atomic mass is 16.3. The van der Waals surface area contributed by atoms with E-state index >= 15 is 0 Å². The second-order valence-electron chi connectivity index (χ2n) is 8.82. The molecule has 1 saturated carbocycles. The molecule has 5 nitrogen and oxygen atoms in total. The molecule has 2 aromatic carbocycles. The van der Waals surface area contributed by atoms with Gasteiger partial charge in [0.05, 0.1) is 12.3 Å². The molecule has 5 heteroatoms. The van der Waals surface area contributed by atoms with Gasteiger partial charge in [-0.25, -0.2) is 4.98 Å². The van der Waals surface area contributed by atoms with Crippen molar-refractivity contribution in [1.29, 1.82) is 0 Å². The van der Waals surface area contributed by atoms with Crippen LogP contribution in [-0.2, 0) is 24.8 Å². The predicted molar refractivity (Wildman–Crippen MR) is 124 cm³/mol. The van der Waals surface area contributed by atoms with E-state index in [9.17, 15) is 9.90 Å². The lowest BCUT2D eigenvalue weighted by atomic mass is 9.68. The number of benzene rings is 2. The number of fused-ring (bicyclic) bond motifs is 4. The fourth-order valence-electron chi connectivity index (χ4n) is 5.46. The van der Waals surface area contributed by atoms with Crippen molar-refractivity contribution >= 4 is 5.95 Å². The molecule has 31 heavy (non-hydrogen) atoms. The summed E-state index contributed by atoms with van der Waals surface area (Å²) in [6, 6.07) is 18.7. The van der Waals surface area contributed by atoms with Crippen LogP contribution in [0.15, 0.2) is 59.4 Å². The van der Waals surface area contributed by atoms with E-state index in [0.29, 0.717) is 19.0 Å². The van der Waals surface area contributed by atoms with Crippen LogP contribution in [0.5, 0.6) is 0 Å². The van der Waals surface area contributed by atoms with Crippen LogP contribution < -0.4 is 10.9 Å². The van der Waals surface area contributed by atoms with Crippen LogP contribution >= 0.6 is 0 Å². The Bertz CT molecular complexity index is 1130. The minimum Gasteiger partial charge on any atom is -0.395 e. The molecule has 1 aromatic heterocycles. The summed E-state index contributed by atoms with van der Waals surface area (Å²) < 4.78 is 1.78.